The van der Waals surface area contributed by atoms with E-state index in [0.717, 1.165) is 83.0 Å². The van der Waals surface area contributed by atoms with Crippen LogP contribution in [0.25, 0.3) is 0 Å². The molecule has 0 aliphatic carbocycles. The minimum atomic E-state index is -3.16. The SMILES string of the molecule is CCP(OCl)(c1ccccc1)(c1ccccc1)c1ccccc1.CN(C)C1=N[C@@H]2[C@@H](O)[C@H](O)[C@@H](CCO)O[C@@H]2S1.CO/C=C/[C@H]1O[C@@H]2SC(N(C)C)=N[C@@H]2[C@@H](OCc2ccc(OC)cc2)[C@@H]1C.COc1ccc(CO[C@H]2[C@H](C)[C@@H](C=O)O[C@@H]3SC(N(C)C)=N[C@H]23)cc1.COc1ccc(CO[C@H]2[C@H](C)[C@@H](CCO)O[C@@H]3SC(N(C)C)=N[C@H]23)cc1. The molecule has 6 aromatic carbocycles. The van der Waals surface area contributed by atoms with Gasteiger partial charge in [-0.2, -0.15) is 0 Å². The van der Waals surface area contributed by atoms with Crippen LogP contribution in [-0.4, -0.2) is 272 Å². The van der Waals surface area contributed by atoms with Gasteiger partial charge in [-0.05, 0) is 72.0 Å². The van der Waals surface area contributed by atoms with Crippen molar-refractivity contribution in [2.45, 2.75) is 161 Å². The summed E-state index contributed by atoms with van der Waals surface area (Å²) < 4.78 is 69.7. The maximum Gasteiger partial charge on any atom is 0.161 e. The number of nitrogens with zero attached hydrogens (tertiary/aromatic N) is 8. The number of fused-ring (bicyclic) bond motifs is 4. The van der Waals surface area contributed by atoms with E-state index in [-0.39, 0.29) is 101 Å². The summed E-state index contributed by atoms with van der Waals surface area (Å²) in [5.41, 5.74) is 2.71. The summed E-state index contributed by atoms with van der Waals surface area (Å²) >= 11 is 12.6. The van der Waals surface area contributed by atoms with E-state index in [1.165, 1.54) is 11.8 Å². The number of methoxy groups -OCH3 is 4. The number of aliphatic hydroxyl groups excluding tert-OH is 4. The van der Waals surface area contributed by atoms with Crippen molar-refractivity contribution in [3.05, 3.63) is 193 Å². The number of aliphatic imine (C=N–C) groups is 4. The number of thioether (sulfide) groups is 4. The van der Waals surface area contributed by atoms with Gasteiger partial charge in [-0.3, -0.25) is 20.0 Å². The molecule has 0 amide bonds. The Morgan fingerprint density at radius 1 is 0.441 bits per heavy atom. The van der Waals surface area contributed by atoms with Crippen molar-refractivity contribution >= 4 is 109 Å². The molecule has 644 valence electrons. The first kappa shape index (κ1) is 93.7. The summed E-state index contributed by atoms with van der Waals surface area (Å²) in [5, 5.41) is 45.2. The summed E-state index contributed by atoms with van der Waals surface area (Å²) in [7, 11) is 22.3. The number of hydrogen-bond donors (Lipinski definition) is 4. The van der Waals surface area contributed by atoms with Gasteiger partial charge in [0.2, 0.25) is 0 Å². The summed E-state index contributed by atoms with van der Waals surface area (Å²) in [5.74, 6) is 2.76. The quantitative estimate of drug-likeness (QED) is 0.0249. The molecule has 0 saturated carbocycles. The molecule has 20 atom stereocenters. The van der Waals surface area contributed by atoms with Gasteiger partial charge in [0.1, 0.15) is 87.8 Å². The first-order valence-electron chi connectivity index (χ1n) is 39.7. The molecule has 0 aromatic heterocycles. The second-order valence-corrected chi connectivity index (χ2v) is 39.9. The van der Waals surface area contributed by atoms with Crippen molar-refractivity contribution < 1.29 is 81.4 Å². The smallest absolute Gasteiger partial charge is 0.161 e. The number of benzene rings is 6. The van der Waals surface area contributed by atoms with Crippen molar-refractivity contribution in [3.8, 4) is 17.2 Å². The number of carbonyl (C=O) groups is 1. The number of hydrogen-bond acceptors (Lipinski definition) is 29. The van der Waals surface area contributed by atoms with Crippen LogP contribution in [0.4, 0.5) is 0 Å². The zero-order chi connectivity index (χ0) is 84.8. The van der Waals surface area contributed by atoms with Gasteiger partial charge in [0.25, 0.3) is 0 Å². The molecule has 31 heteroatoms. The molecule has 0 spiro atoms. The van der Waals surface area contributed by atoms with Crippen molar-refractivity contribution in [1.82, 2.24) is 19.6 Å². The van der Waals surface area contributed by atoms with E-state index in [1.807, 2.05) is 216 Å². The van der Waals surface area contributed by atoms with Gasteiger partial charge in [-0.25, -0.2) is 0 Å². The molecule has 25 nitrogen and oxygen atoms in total. The molecular formula is C87H118ClN8O17PS4. The Balaban J connectivity index is 0.000000156. The molecule has 4 saturated heterocycles. The Hall–Kier alpha value is -6.55. The van der Waals surface area contributed by atoms with E-state index in [0.29, 0.717) is 32.7 Å². The van der Waals surface area contributed by atoms with Gasteiger partial charge in [0.05, 0.1) is 91.1 Å². The van der Waals surface area contributed by atoms with Crippen molar-refractivity contribution in [2.75, 3.05) is 104 Å². The first-order valence-corrected chi connectivity index (χ1v) is 45.8. The fourth-order valence-corrected chi connectivity index (χ4v) is 25.4. The van der Waals surface area contributed by atoms with E-state index in [4.69, 9.17) is 88.1 Å². The molecule has 0 bridgehead atoms. The average Bonchev–Trinajstić information content (AvgIpc) is 1.12. The summed E-state index contributed by atoms with van der Waals surface area (Å²) in [6.45, 7) is 6.82. The third kappa shape index (κ3) is 22.3. The van der Waals surface area contributed by atoms with E-state index in [2.05, 4.69) is 62.2 Å². The number of ether oxygens (including phenoxy) is 11. The minimum Gasteiger partial charge on any atom is -0.505 e. The van der Waals surface area contributed by atoms with Crippen LogP contribution < -0.4 is 30.1 Å². The predicted octanol–water partition coefficient (Wildman–Crippen LogP) is 11.1. The maximum absolute atomic E-state index is 11.4. The molecule has 118 heavy (non-hydrogen) atoms. The number of carbonyl (C=O) groups excluding carboxylic acids is 1. The Morgan fingerprint density at radius 2 is 0.763 bits per heavy atom. The standard InChI is InChI=1S/C20H20ClOP.C20H28N2O4S.C19H28N2O4S.C18H24N2O4S.C10H18N2O4S/c1-2-23(22-21,18-12-6-3-7-13-18,19-14-8-4-9-15-19)20-16-10-5-11-17-20;1-13-16(10-11-23-4)26-19-17(21-20(27-19)22(2)3)18(13)25-12-14-6-8-15(24-5)9-7-14;1-12-15(9-10-22)25-18-16(20-19(26-18)21(2)3)17(12)24-11-13-5-7-14(23-4)8-6-13;1-11-14(9-21)24-17-15(19-18(25-17)20(2)3)16(11)23-10-12-5-7-13(22-4)8-6-12;1-12(2)10-11-6-8(15)7(14)5(3-4-13)16-9(6)17-10/h3-17H,2H2,1H3;6-11,13,16-19H,12H2,1-5H3;5-8,12,15-18,22H,9-11H2,1-4H3;5-9,11,14-17H,10H2,1-4H3;5-9,13-15H,3-4H2,1-2H3/b;11-10+;;;/t;13-,16-,17-,18+,19-;12-,15-,16-,17+,18-;11-,14-,15-,16+,17-;5-,6-,7-,8-,9-/m.1111/s1. The van der Waals surface area contributed by atoms with E-state index < -0.39 is 37.3 Å². The minimum absolute atomic E-state index is 0.0205. The van der Waals surface area contributed by atoms with Crippen molar-refractivity contribution in [3.63, 3.8) is 0 Å². The Morgan fingerprint density at radius 3 is 1.09 bits per heavy atom. The van der Waals surface area contributed by atoms with Gasteiger partial charge in [-0.1, -0.05) is 104 Å². The molecule has 14 rings (SSSR count). The third-order valence-electron chi connectivity index (χ3n) is 21.9. The van der Waals surface area contributed by atoms with Crippen LogP contribution in [0.15, 0.2) is 196 Å². The zero-order valence-electron chi connectivity index (χ0n) is 70.2. The normalized spacial score (nSPS) is 28.7. The van der Waals surface area contributed by atoms with Crippen LogP contribution in [0.3, 0.4) is 0 Å². The molecule has 0 radical (unpaired) electrons. The molecular weight excluding hydrogens is 1620 g/mol. The molecule has 6 aromatic rings. The number of halogens is 1. The van der Waals surface area contributed by atoms with Crippen LogP contribution in [-0.2, 0) is 66.6 Å². The predicted molar refractivity (Wildman–Crippen MR) is 477 cm³/mol. The van der Waals surface area contributed by atoms with Gasteiger partial charge in [0, 0.05) is 87.3 Å². The second-order valence-electron chi connectivity index (χ2n) is 30.4. The Kier molecular flexibility index (Phi) is 35.3. The van der Waals surface area contributed by atoms with Gasteiger partial charge in [0.15, 0.2) is 20.7 Å². The van der Waals surface area contributed by atoms with Crippen LogP contribution in [0.1, 0.15) is 57.2 Å². The van der Waals surface area contributed by atoms with E-state index in [1.54, 1.807) is 70.0 Å². The van der Waals surface area contributed by atoms with Crippen LogP contribution in [0.5, 0.6) is 17.2 Å². The van der Waals surface area contributed by atoms with Crippen LogP contribution in [0.2, 0.25) is 0 Å². The molecule has 8 aliphatic heterocycles. The topological polar surface area (TPSA) is 271 Å². The van der Waals surface area contributed by atoms with Crippen molar-refractivity contribution in [1.29, 1.82) is 0 Å². The van der Waals surface area contributed by atoms with Gasteiger partial charge in [-0.15, -0.1) is 0 Å². The number of rotatable bonds is 24. The fourth-order valence-electron chi connectivity index (χ4n) is 15.1. The van der Waals surface area contributed by atoms with Crippen LogP contribution in [0, 0.1) is 17.8 Å². The molecule has 8 aliphatic rings. The summed E-state index contributed by atoms with van der Waals surface area (Å²) in [4.78, 5) is 38.1. The Bertz CT molecular complexity index is 4130. The monoisotopic (exact) mass is 1740 g/mol. The molecule has 4 fully saturated rings. The third-order valence-corrected chi connectivity index (χ3v) is 33.7. The van der Waals surface area contributed by atoms with E-state index in [9.17, 15) is 20.1 Å². The zero-order valence-corrected chi connectivity index (χ0v) is 75.1. The summed E-state index contributed by atoms with van der Waals surface area (Å²) in [6.07, 6.45) is 2.98. The van der Waals surface area contributed by atoms with E-state index >= 15 is 0 Å². The second kappa shape index (κ2) is 44.5. The maximum atomic E-state index is 11.4. The largest absolute Gasteiger partial charge is 0.505 e. The molecule has 4 N–H and O–H groups in total. The number of aldehydes is 1. The van der Waals surface area contributed by atoms with Crippen molar-refractivity contribution in [2.24, 2.45) is 37.7 Å². The molecule has 0 unspecified atom stereocenters. The van der Waals surface area contributed by atoms with Gasteiger partial charge >= 0.3 is 143 Å². The average molecular weight is 1740 g/mol. The summed E-state index contributed by atoms with van der Waals surface area (Å²) in [6, 6.07) is 54.2. The number of amidine groups is 4. The Labute approximate surface area is 718 Å². The fraction of sp³-hybridized carbons (Fsp3) is 0.506. The molecule has 8 heterocycles. The van der Waals surface area contributed by atoms with Gasteiger partial charge < -0.3 is 96.9 Å². The first-order chi connectivity index (χ1) is 56.9. The number of aliphatic hydroxyl groups is 4. The van der Waals surface area contributed by atoms with Crippen LogP contribution >= 0.6 is 65.7 Å².